The van der Waals surface area contributed by atoms with Gasteiger partial charge in [-0.05, 0) is 63.5 Å². The molecule has 3 rings (SSSR count). The summed E-state index contributed by atoms with van der Waals surface area (Å²) in [6.45, 7) is 8.83. The Kier molecular flexibility index (Phi) is 5.48. The van der Waals surface area contributed by atoms with Crippen LogP contribution in [-0.4, -0.2) is 0 Å². The van der Waals surface area contributed by atoms with Crippen LogP contribution in [0.2, 0.25) is 0 Å². The molecule has 0 radical (unpaired) electrons. The van der Waals surface area contributed by atoms with Gasteiger partial charge in [0.05, 0.1) is 0 Å². The summed E-state index contributed by atoms with van der Waals surface area (Å²) in [6, 6.07) is 14.0. The lowest BCUT2D eigenvalue weighted by Crippen LogP contribution is -2.32. The van der Waals surface area contributed by atoms with E-state index < -0.39 is 0 Å². The Morgan fingerprint density at radius 3 is 1.17 bits per heavy atom. The lowest BCUT2D eigenvalue weighted by Gasteiger charge is -2.44. The van der Waals surface area contributed by atoms with Crippen LogP contribution in [0.15, 0.2) is 36.4 Å². The van der Waals surface area contributed by atoms with Gasteiger partial charge in [0.1, 0.15) is 0 Å². The van der Waals surface area contributed by atoms with E-state index in [9.17, 15) is 0 Å². The molecule has 6 atom stereocenters. The van der Waals surface area contributed by atoms with Crippen LogP contribution in [0, 0.1) is 39.5 Å². The van der Waals surface area contributed by atoms with Crippen molar-refractivity contribution < 1.29 is 0 Å². The number of aryl methyl sites for hydroxylation is 4. The highest BCUT2D eigenvalue weighted by atomic mass is 31.0. The van der Waals surface area contributed by atoms with Crippen LogP contribution in [0.4, 0.5) is 0 Å². The lowest BCUT2D eigenvalue weighted by molar-refractivity contribution is 0.167. The highest BCUT2D eigenvalue weighted by Gasteiger charge is 2.39. The van der Waals surface area contributed by atoms with Crippen LogP contribution < -0.4 is 0 Å². The second-order valence-corrected chi connectivity index (χ2v) is 9.24. The largest absolute Gasteiger partial charge is 0.129 e. The molecule has 0 bridgehead atoms. The van der Waals surface area contributed by atoms with E-state index >= 15 is 0 Å². The van der Waals surface area contributed by atoms with E-state index in [0.717, 1.165) is 11.8 Å². The minimum absolute atomic E-state index is 0.566. The third-order valence-electron chi connectivity index (χ3n) is 5.56. The van der Waals surface area contributed by atoms with Gasteiger partial charge in [0.15, 0.2) is 0 Å². The minimum Gasteiger partial charge on any atom is -0.129 e. The average molecular weight is 356 g/mol. The highest BCUT2D eigenvalue weighted by molar-refractivity contribution is 7.17. The monoisotopic (exact) mass is 356 g/mol. The topological polar surface area (TPSA) is 0 Å². The van der Waals surface area contributed by atoms with Crippen molar-refractivity contribution in [3.63, 3.8) is 0 Å². The zero-order chi connectivity index (χ0) is 17.4. The molecule has 0 N–H and O–H groups in total. The second-order valence-electron chi connectivity index (χ2n) is 7.80. The van der Waals surface area contributed by atoms with Crippen LogP contribution in [-0.2, 0) is 0 Å². The molecule has 0 nitrogen and oxygen atoms in total. The van der Waals surface area contributed by atoms with Crippen molar-refractivity contribution in [1.82, 2.24) is 0 Å². The molecule has 0 aromatic heterocycles. The Labute approximate surface area is 152 Å². The molecule has 4 unspecified atom stereocenters. The molecule has 0 amide bonds. The highest BCUT2D eigenvalue weighted by Crippen LogP contribution is 2.54. The van der Waals surface area contributed by atoms with Gasteiger partial charge >= 0.3 is 0 Å². The van der Waals surface area contributed by atoms with Crippen LogP contribution >= 0.6 is 18.5 Å². The number of rotatable bonds is 4. The maximum atomic E-state index is 3.14. The predicted octanol–water partition coefficient (Wildman–Crippen LogP) is 6.48. The fourth-order valence-corrected chi connectivity index (χ4v) is 5.68. The van der Waals surface area contributed by atoms with Crippen LogP contribution in [0.5, 0.6) is 0 Å². The first kappa shape index (κ1) is 18.1. The maximum absolute atomic E-state index is 3.14. The molecule has 0 aliphatic heterocycles. The third kappa shape index (κ3) is 3.76. The number of benzene rings is 2. The van der Waals surface area contributed by atoms with Crippen molar-refractivity contribution in [3.05, 3.63) is 69.8 Å². The molecular weight excluding hydrogens is 326 g/mol. The molecule has 2 heteroatoms. The van der Waals surface area contributed by atoms with E-state index in [1.165, 1.54) is 46.2 Å². The Morgan fingerprint density at radius 1 is 0.625 bits per heavy atom. The van der Waals surface area contributed by atoms with Gasteiger partial charge in [0.25, 0.3) is 0 Å². The van der Waals surface area contributed by atoms with Gasteiger partial charge in [0.2, 0.25) is 0 Å². The van der Waals surface area contributed by atoms with Crippen LogP contribution in [0.25, 0.3) is 0 Å². The minimum atomic E-state index is 0.566. The quantitative estimate of drug-likeness (QED) is 0.550. The Hall–Kier alpha value is -0.700. The number of hydrogen-bond acceptors (Lipinski definition) is 0. The molecule has 2 aromatic carbocycles. The molecule has 1 aliphatic carbocycles. The Bertz CT molecular complexity index is 631. The number of hydrogen-bond donors (Lipinski definition) is 0. The first-order valence-electron chi connectivity index (χ1n) is 9.02. The summed E-state index contributed by atoms with van der Waals surface area (Å²) in [6.07, 6.45) is 2.70. The van der Waals surface area contributed by atoms with E-state index in [2.05, 4.69) is 82.6 Å². The molecule has 128 valence electrons. The smallest absolute Gasteiger partial charge is 0.00168 e. The summed E-state index contributed by atoms with van der Waals surface area (Å²) in [5, 5.41) is 0. The normalized spacial score (nSPS) is 22.8. The van der Waals surface area contributed by atoms with Gasteiger partial charge in [-0.3, -0.25) is 0 Å². The third-order valence-corrected chi connectivity index (χ3v) is 7.32. The van der Waals surface area contributed by atoms with E-state index in [4.69, 9.17) is 0 Å². The molecule has 2 aromatic rings. The van der Waals surface area contributed by atoms with Gasteiger partial charge < -0.3 is 0 Å². The summed E-state index contributed by atoms with van der Waals surface area (Å²) in [5.74, 6) is 1.53. The zero-order valence-corrected chi connectivity index (χ0v) is 17.7. The van der Waals surface area contributed by atoms with Gasteiger partial charge in [0, 0.05) is 11.3 Å². The first-order chi connectivity index (χ1) is 11.3. The van der Waals surface area contributed by atoms with Crippen LogP contribution in [0.3, 0.4) is 0 Å². The summed E-state index contributed by atoms with van der Waals surface area (Å²) in [4.78, 5) is 0. The van der Waals surface area contributed by atoms with Gasteiger partial charge in [-0.25, -0.2) is 0 Å². The molecule has 0 saturated heterocycles. The summed E-state index contributed by atoms with van der Waals surface area (Å²) < 4.78 is 0. The van der Waals surface area contributed by atoms with E-state index in [0.29, 0.717) is 11.3 Å². The molecule has 0 heterocycles. The zero-order valence-electron chi connectivity index (χ0n) is 15.3. The predicted molar refractivity (Wildman–Crippen MR) is 113 cm³/mol. The van der Waals surface area contributed by atoms with Gasteiger partial charge in [-0.1, -0.05) is 58.7 Å². The fourth-order valence-electron chi connectivity index (χ4n) is 4.34. The fraction of sp³-hybridized carbons (Fsp3) is 0.455. The van der Waals surface area contributed by atoms with Gasteiger partial charge in [-0.2, -0.15) is 0 Å². The SMILES string of the molecule is Cc1cc(C)cc(C(P)[C@@H]2CC[C@H]2C(P)c2cc(C)cc(C)c2)c1. The van der Waals surface area contributed by atoms with Gasteiger partial charge in [-0.15, -0.1) is 18.5 Å². The first-order valence-corrected chi connectivity index (χ1v) is 10.4. The van der Waals surface area contributed by atoms with Crippen molar-refractivity contribution in [3.8, 4) is 0 Å². The van der Waals surface area contributed by atoms with Crippen LogP contribution in [0.1, 0.15) is 57.5 Å². The summed E-state index contributed by atoms with van der Waals surface area (Å²) >= 11 is 0. The van der Waals surface area contributed by atoms with Crippen molar-refractivity contribution in [2.24, 2.45) is 11.8 Å². The Morgan fingerprint density at radius 2 is 0.917 bits per heavy atom. The summed E-state index contributed by atoms with van der Waals surface area (Å²) in [5.41, 5.74) is 9.63. The molecule has 1 aliphatic rings. The molecular formula is C22H30P2. The lowest BCUT2D eigenvalue weighted by atomic mass is 9.67. The van der Waals surface area contributed by atoms with Crippen molar-refractivity contribution in [1.29, 1.82) is 0 Å². The second kappa shape index (κ2) is 7.27. The molecule has 24 heavy (non-hydrogen) atoms. The van der Waals surface area contributed by atoms with Crippen molar-refractivity contribution in [2.45, 2.75) is 51.9 Å². The Balaban J connectivity index is 1.80. The van der Waals surface area contributed by atoms with E-state index in [1.807, 2.05) is 0 Å². The van der Waals surface area contributed by atoms with E-state index in [-0.39, 0.29) is 0 Å². The van der Waals surface area contributed by atoms with E-state index in [1.54, 1.807) is 0 Å². The average Bonchev–Trinajstić information content (AvgIpc) is 2.43. The molecule has 0 spiro atoms. The maximum Gasteiger partial charge on any atom is 0.00168 e. The molecule has 1 saturated carbocycles. The summed E-state index contributed by atoms with van der Waals surface area (Å²) in [7, 11) is 6.29. The van der Waals surface area contributed by atoms with Crippen molar-refractivity contribution in [2.75, 3.05) is 0 Å². The standard InChI is InChI=1S/C22H30P2/c1-13-7-14(2)10-17(9-13)21(23)19-5-6-20(19)22(24)18-11-15(3)8-16(4)12-18/h7-12,19-22H,5-6,23-24H2,1-4H3/t19-,20-,21?,22?/m1/s1. The molecule has 1 fully saturated rings. The van der Waals surface area contributed by atoms with Crippen molar-refractivity contribution >= 4 is 18.5 Å².